The first-order valence-electron chi connectivity index (χ1n) is 8.60. The Kier molecular flexibility index (Phi) is 4.75. The summed E-state index contributed by atoms with van der Waals surface area (Å²) in [6.07, 6.45) is 1.75. The fraction of sp³-hybridized carbons (Fsp3) is 0.158. The molecule has 0 aliphatic rings. The Labute approximate surface area is 163 Å². The number of aryl methyl sites for hydroxylation is 1. The number of benzene rings is 1. The summed E-state index contributed by atoms with van der Waals surface area (Å²) < 4.78 is 43.8. The zero-order valence-electron chi connectivity index (χ0n) is 15.2. The molecule has 29 heavy (non-hydrogen) atoms. The predicted octanol–water partition coefficient (Wildman–Crippen LogP) is 4.01. The molecule has 0 fully saturated rings. The molecule has 3 heterocycles. The van der Waals surface area contributed by atoms with E-state index in [1.54, 1.807) is 36.9 Å². The highest BCUT2D eigenvalue weighted by molar-refractivity contribution is 5.73. The summed E-state index contributed by atoms with van der Waals surface area (Å²) in [6, 6.07) is 7.44. The Bertz CT molecular complexity index is 1140. The van der Waals surface area contributed by atoms with Crippen LogP contribution in [0.2, 0.25) is 0 Å². The maximum atomic E-state index is 12.7. The predicted molar refractivity (Wildman–Crippen MR) is 99.2 cm³/mol. The zero-order valence-corrected chi connectivity index (χ0v) is 15.2. The van der Waals surface area contributed by atoms with Crippen LogP contribution in [0, 0.1) is 6.92 Å². The Morgan fingerprint density at radius 1 is 1.07 bits per heavy atom. The molecule has 7 nitrogen and oxygen atoms in total. The Morgan fingerprint density at radius 3 is 2.66 bits per heavy atom. The van der Waals surface area contributed by atoms with Gasteiger partial charge in [-0.3, -0.25) is 9.97 Å². The van der Waals surface area contributed by atoms with Crippen molar-refractivity contribution in [1.82, 2.24) is 24.6 Å². The molecule has 0 saturated carbocycles. The maximum Gasteiger partial charge on any atom is 0.573 e. The molecule has 1 aromatic carbocycles. The first-order chi connectivity index (χ1) is 13.9. The van der Waals surface area contributed by atoms with Gasteiger partial charge in [0.25, 0.3) is 0 Å². The fourth-order valence-electron chi connectivity index (χ4n) is 2.73. The Morgan fingerprint density at radius 2 is 1.90 bits per heavy atom. The average Bonchev–Trinajstić information content (AvgIpc) is 3.09. The number of hydrogen-bond acceptors (Lipinski definition) is 6. The zero-order chi connectivity index (χ0) is 20.4. The number of para-hydroxylation sites is 1. The van der Waals surface area contributed by atoms with Crippen molar-refractivity contribution in [3.63, 3.8) is 0 Å². The number of rotatable bonds is 5. The van der Waals surface area contributed by atoms with Crippen LogP contribution in [-0.4, -0.2) is 30.9 Å². The summed E-state index contributed by atoms with van der Waals surface area (Å²) in [5.41, 5.74) is 3.18. The fourth-order valence-corrected chi connectivity index (χ4v) is 2.73. The molecule has 148 valence electrons. The van der Waals surface area contributed by atoms with E-state index in [0.717, 1.165) is 11.4 Å². The molecule has 4 rings (SSSR count). The largest absolute Gasteiger partial charge is 0.573 e. The van der Waals surface area contributed by atoms with Gasteiger partial charge in [-0.1, -0.05) is 12.1 Å². The van der Waals surface area contributed by atoms with Crippen molar-refractivity contribution in [2.45, 2.75) is 19.8 Å². The molecule has 0 unspecified atom stereocenters. The Balaban J connectivity index is 1.65. The normalized spacial score (nSPS) is 11.6. The molecule has 0 spiro atoms. The number of hydrogen-bond donors (Lipinski definition) is 1. The standard InChI is InChI=1S/C19H15F3N6O/c1-12-8-24-13(9-23-12)10-25-16-11-26-28-7-6-15(27-18(16)28)14-4-2-3-5-17(14)29-19(20,21)22/h2-9,11,25H,10H2,1H3. The van der Waals surface area contributed by atoms with Crippen LogP contribution in [-0.2, 0) is 6.54 Å². The van der Waals surface area contributed by atoms with E-state index in [1.807, 2.05) is 6.92 Å². The topological polar surface area (TPSA) is 77.2 Å². The van der Waals surface area contributed by atoms with E-state index >= 15 is 0 Å². The van der Waals surface area contributed by atoms with Crippen LogP contribution in [0.5, 0.6) is 5.75 Å². The molecule has 0 aliphatic carbocycles. The third-order valence-electron chi connectivity index (χ3n) is 4.05. The third kappa shape index (κ3) is 4.26. The molecule has 0 amide bonds. The lowest BCUT2D eigenvalue weighted by Crippen LogP contribution is -2.17. The molecule has 0 aliphatic heterocycles. The molecule has 0 radical (unpaired) electrons. The minimum Gasteiger partial charge on any atom is -0.405 e. The quantitative estimate of drug-likeness (QED) is 0.546. The molecular formula is C19H15F3N6O. The van der Waals surface area contributed by atoms with Gasteiger partial charge in [0.2, 0.25) is 0 Å². The highest BCUT2D eigenvalue weighted by atomic mass is 19.4. The minimum absolute atomic E-state index is 0.226. The van der Waals surface area contributed by atoms with Crippen LogP contribution >= 0.6 is 0 Å². The smallest absolute Gasteiger partial charge is 0.405 e. The monoisotopic (exact) mass is 400 g/mol. The first-order valence-corrected chi connectivity index (χ1v) is 8.60. The van der Waals surface area contributed by atoms with E-state index in [9.17, 15) is 13.2 Å². The number of anilines is 1. The van der Waals surface area contributed by atoms with Crippen molar-refractivity contribution in [2.24, 2.45) is 0 Å². The summed E-state index contributed by atoms with van der Waals surface area (Å²) in [7, 11) is 0. The average molecular weight is 400 g/mol. The van der Waals surface area contributed by atoms with Crippen molar-refractivity contribution >= 4 is 11.3 Å². The lowest BCUT2D eigenvalue weighted by Gasteiger charge is -2.13. The van der Waals surface area contributed by atoms with Gasteiger partial charge < -0.3 is 10.1 Å². The molecule has 10 heteroatoms. The minimum atomic E-state index is -4.79. The number of fused-ring (bicyclic) bond motifs is 1. The summed E-state index contributed by atoms with van der Waals surface area (Å²) in [6.45, 7) is 2.25. The summed E-state index contributed by atoms with van der Waals surface area (Å²) >= 11 is 0. The third-order valence-corrected chi connectivity index (χ3v) is 4.05. The molecule has 0 atom stereocenters. The highest BCUT2D eigenvalue weighted by Gasteiger charge is 2.32. The van der Waals surface area contributed by atoms with Crippen LogP contribution in [0.4, 0.5) is 18.9 Å². The van der Waals surface area contributed by atoms with E-state index in [2.05, 4.69) is 30.1 Å². The van der Waals surface area contributed by atoms with Crippen LogP contribution in [0.3, 0.4) is 0 Å². The lowest BCUT2D eigenvalue weighted by atomic mass is 10.1. The van der Waals surface area contributed by atoms with E-state index in [0.29, 0.717) is 23.6 Å². The SMILES string of the molecule is Cc1cnc(CNc2cnn3ccc(-c4ccccc4OC(F)(F)F)nc23)cn1. The Hall–Kier alpha value is -3.69. The second-order valence-corrected chi connectivity index (χ2v) is 6.19. The van der Waals surface area contributed by atoms with E-state index in [1.165, 1.54) is 22.7 Å². The summed E-state index contributed by atoms with van der Waals surface area (Å²) in [4.78, 5) is 12.9. The van der Waals surface area contributed by atoms with Crippen LogP contribution < -0.4 is 10.1 Å². The second kappa shape index (κ2) is 7.38. The molecule has 0 saturated heterocycles. The van der Waals surface area contributed by atoms with E-state index < -0.39 is 6.36 Å². The van der Waals surface area contributed by atoms with Crippen LogP contribution in [0.15, 0.2) is 55.1 Å². The van der Waals surface area contributed by atoms with Crippen LogP contribution in [0.25, 0.3) is 16.9 Å². The van der Waals surface area contributed by atoms with Gasteiger partial charge in [-0.15, -0.1) is 13.2 Å². The van der Waals surface area contributed by atoms with E-state index in [4.69, 9.17) is 0 Å². The number of ether oxygens (including phenoxy) is 1. The van der Waals surface area contributed by atoms with Gasteiger partial charge in [-0.25, -0.2) is 9.50 Å². The van der Waals surface area contributed by atoms with Gasteiger partial charge in [-0.05, 0) is 25.1 Å². The number of alkyl halides is 3. The lowest BCUT2D eigenvalue weighted by molar-refractivity contribution is -0.274. The molecule has 0 bridgehead atoms. The van der Waals surface area contributed by atoms with Gasteiger partial charge in [0, 0.05) is 18.0 Å². The van der Waals surface area contributed by atoms with Crippen molar-refractivity contribution in [1.29, 1.82) is 0 Å². The van der Waals surface area contributed by atoms with E-state index in [-0.39, 0.29) is 11.3 Å². The van der Waals surface area contributed by atoms with Gasteiger partial charge in [0.1, 0.15) is 11.4 Å². The maximum absolute atomic E-state index is 12.7. The van der Waals surface area contributed by atoms with Gasteiger partial charge in [0.05, 0.1) is 36.0 Å². The first kappa shape index (κ1) is 18.7. The number of nitrogens with zero attached hydrogens (tertiary/aromatic N) is 5. The van der Waals surface area contributed by atoms with Gasteiger partial charge >= 0.3 is 6.36 Å². The number of aromatic nitrogens is 5. The van der Waals surface area contributed by atoms with Crippen molar-refractivity contribution in [3.05, 3.63) is 66.5 Å². The second-order valence-electron chi connectivity index (χ2n) is 6.19. The van der Waals surface area contributed by atoms with Gasteiger partial charge in [-0.2, -0.15) is 5.10 Å². The summed E-state index contributed by atoms with van der Waals surface area (Å²) in [5.74, 6) is -0.319. The molecular weight excluding hydrogens is 385 g/mol. The number of halogens is 3. The van der Waals surface area contributed by atoms with Crippen molar-refractivity contribution in [3.8, 4) is 17.0 Å². The molecule has 4 aromatic rings. The van der Waals surface area contributed by atoms with Crippen molar-refractivity contribution < 1.29 is 17.9 Å². The summed E-state index contributed by atoms with van der Waals surface area (Å²) in [5, 5.41) is 7.38. The van der Waals surface area contributed by atoms with Crippen molar-refractivity contribution in [2.75, 3.05) is 5.32 Å². The molecule has 1 N–H and O–H groups in total. The molecule has 3 aromatic heterocycles. The number of nitrogens with one attached hydrogen (secondary N) is 1. The van der Waals surface area contributed by atoms with Crippen LogP contribution in [0.1, 0.15) is 11.4 Å². The highest BCUT2D eigenvalue weighted by Crippen LogP contribution is 2.33. The van der Waals surface area contributed by atoms with Gasteiger partial charge in [0.15, 0.2) is 5.65 Å².